The largest absolute Gasteiger partial charge is 0.419 e. The Morgan fingerprint density at radius 1 is 1.33 bits per heavy atom. The lowest BCUT2D eigenvalue weighted by atomic mass is 10.1. The van der Waals surface area contributed by atoms with E-state index in [0.717, 1.165) is 11.8 Å². The maximum Gasteiger partial charge on any atom is 0.419 e. The van der Waals surface area contributed by atoms with Gasteiger partial charge in [-0.05, 0) is 24.6 Å². The number of carbonyl (C=O) groups excluding carboxylic acids is 1. The van der Waals surface area contributed by atoms with E-state index in [0.29, 0.717) is 31.6 Å². The molecule has 2 aromatic rings. The molecule has 9 heteroatoms. The van der Waals surface area contributed by atoms with Gasteiger partial charge in [0.25, 0.3) is 0 Å². The number of carbonyl (C=O) groups is 1. The van der Waals surface area contributed by atoms with E-state index in [1.807, 2.05) is 0 Å². The molecule has 1 aromatic heterocycles. The van der Waals surface area contributed by atoms with Crippen molar-refractivity contribution < 1.29 is 26.9 Å². The highest BCUT2D eigenvalue weighted by Gasteiger charge is 2.34. The van der Waals surface area contributed by atoms with Crippen molar-refractivity contribution in [1.82, 2.24) is 10.1 Å². The number of nitrogens with zero attached hydrogens (tertiary/aromatic N) is 2. The Balaban J connectivity index is 1.64. The summed E-state index contributed by atoms with van der Waals surface area (Å²) < 4.78 is 55.8. The van der Waals surface area contributed by atoms with E-state index in [4.69, 9.17) is 4.52 Å². The molecular formula is C15H13F4N3O2. The fourth-order valence-corrected chi connectivity index (χ4v) is 2.64. The second-order valence-electron chi connectivity index (χ2n) is 5.48. The van der Waals surface area contributed by atoms with Crippen molar-refractivity contribution in [2.24, 2.45) is 0 Å². The van der Waals surface area contributed by atoms with Crippen molar-refractivity contribution in [1.29, 1.82) is 0 Å². The zero-order valence-electron chi connectivity index (χ0n) is 12.3. The molecule has 5 nitrogen and oxygen atoms in total. The minimum absolute atomic E-state index is 0.0320. The normalized spacial score (nSPS) is 18.0. The van der Waals surface area contributed by atoms with Gasteiger partial charge < -0.3 is 14.7 Å². The summed E-state index contributed by atoms with van der Waals surface area (Å²) in [5.74, 6) is -1.39. The molecule has 1 aliphatic heterocycles. The summed E-state index contributed by atoms with van der Waals surface area (Å²) in [4.78, 5) is 13.6. The fourth-order valence-electron chi connectivity index (χ4n) is 2.64. The minimum atomic E-state index is -4.77. The molecule has 0 spiro atoms. The van der Waals surface area contributed by atoms with Gasteiger partial charge in [0.15, 0.2) is 0 Å². The molecule has 1 aromatic carbocycles. The van der Waals surface area contributed by atoms with Crippen LogP contribution in [0.4, 0.5) is 28.0 Å². The van der Waals surface area contributed by atoms with E-state index < -0.39 is 23.6 Å². The van der Waals surface area contributed by atoms with Crippen molar-refractivity contribution in [3.63, 3.8) is 0 Å². The van der Waals surface area contributed by atoms with Gasteiger partial charge in [0, 0.05) is 30.8 Å². The number of hydrogen-bond acceptors (Lipinski definition) is 3. The van der Waals surface area contributed by atoms with E-state index in [9.17, 15) is 22.4 Å². The summed E-state index contributed by atoms with van der Waals surface area (Å²) in [5, 5.41) is 6.24. The highest BCUT2D eigenvalue weighted by molar-refractivity contribution is 5.89. The number of aromatic nitrogens is 1. The van der Waals surface area contributed by atoms with Crippen LogP contribution < -0.4 is 5.32 Å². The summed E-state index contributed by atoms with van der Waals surface area (Å²) >= 11 is 0. The fraction of sp³-hybridized carbons (Fsp3) is 0.333. The lowest BCUT2D eigenvalue weighted by Gasteiger charge is -2.17. The maximum absolute atomic E-state index is 13.5. The molecule has 2 heterocycles. The Morgan fingerprint density at radius 3 is 2.75 bits per heavy atom. The third kappa shape index (κ3) is 3.34. The Labute approximate surface area is 134 Å². The van der Waals surface area contributed by atoms with Crippen LogP contribution in [0.2, 0.25) is 0 Å². The van der Waals surface area contributed by atoms with Crippen LogP contribution in [0.15, 0.2) is 35.1 Å². The van der Waals surface area contributed by atoms with E-state index in [-0.39, 0.29) is 11.6 Å². The van der Waals surface area contributed by atoms with Crippen LogP contribution in [0, 0.1) is 5.82 Å². The first-order valence-corrected chi connectivity index (χ1v) is 7.17. The van der Waals surface area contributed by atoms with Gasteiger partial charge in [-0.1, -0.05) is 5.16 Å². The first-order chi connectivity index (χ1) is 11.3. The number of rotatable bonds is 2. The SMILES string of the molecule is O=C(Nc1ccc(C(F)(F)F)c(F)c1)N1CCC(c2ccon2)C1. The molecule has 2 amide bonds. The van der Waals surface area contributed by atoms with E-state index in [1.54, 1.807) is 6.07 Å². The molecule has 0 bridgehead atoms. The Kier molecular flexibility index (Phi) is 4.16. The number of benzene rings is 1. The van der Waals surface area contributed by atoms with Crippen molar-refractivity contribution in [3.05, 3.63) is 47.6 Å². The number of anilines is 1. The third-order valence-electron chi connectivity index (χ3n) is 3.88. The molecule has 24 heavy (non-hydrogen) atoms. The first-order valence-electron chi connectivity index (χ1n) is 7.17. The zero-order chi connectivity index (χ0) is 17.3. The summed E-state index contributed by atoms with van der Waals surface area (Å²) in [7, 11) is 0. The average Bonchev–Trinajstić information content (AvgIpc) is 3.17. The van der Waals surface area contributed by atoms with Gasteiger partial charge in [-0.15, -0.1) is 0 Å². The highest BCUT2D eigenvalue weighted by Crippen LogP contribution is 2.32. The Hall–Kier alpha value is -2.58. The molecule has 1 aliphatic rings. The van der Waals surface area contributed by atoms with Crippen molar-refractivity contribution >= 4 is 11.7 Å². The van der Waals surface area contributed by atoms with Crippen LogP contribution in [0.25, 0.3) is 0 Å². The van der Waals surface area contributed by atoms with Crippen LogP contribution in [-0.2, 0) is 6.18 Å². The predicted molar refractivity (Wildman–Crippen MR) is 75.9 cm³/mol. The van der Waals surface area contributed by atoms with Gasteiger partial charge in [-0.25, -0.2) is 9.18 Å². The van der Waals surface area contributed by atoms with Crippen LogP contribution in [0.5, 0.6) is 0 Å². The Bertz CT molecular complexity index is 731. The summed E-state index contributed by atoms with van der Waals surface area (Å²) in [6.07, 6.45) is -2.63. The minimum Gasteiger partial charge on any atom is -0.365 e. The smallest absolute Gasteiger partial charge is 0.365 e. The molecule has 3 rings (SSSR count). The standard InChI is InChI=1S/C15H13F4N3O2/c16-12-7-10(1-2-11(12)15(17,18)19)20-14(23)22-5-3-9(8-22)13-4-6-24-21-13/h1-2,4,6-7,9H,3,5,8H2,(H,20,23). The maximum atomic E-state index is 13.5. The summed E-state index contributed by atoms with van der Waals surface area (Å²) in [6, 6.07) is 3.51. The van der Waals surface area contributed by atoms with Crippen LogP contribution in [0.1, 0.15) is 23.6 Å². The average molecular weight is 343 g/mol. The highest BCUT2D eigenvalue weighted by atomic mass is 19.4. The molecule has 0 radical (unpaired) electrons. The number of likely N-dealkylation sites (tertiary alicyclic amines) is 1. The number of halogens is 4. The van der Waals surface area contributed by atoms with Crippen molar-refractivity contribution in [2.45, 2.75) is 18.5 Å². The first kappa shape index (κ1) is 16.3. The number of nitrogens with one attached hydrogen (secondary N) is 1. The monoisotopic (exact) mass is 343 g/mol. The second-order valence-corrected chi connectivity index (χ2v) is 5.48. The zero-order valence-corrected chi connectivity index (χ0v) is 12.3. The molecule has 0 aliphatic carbocycles. The molecule has 128 valence electrons. The van der Waals surface area contributed by atoms with Crippen LogP contribution in [-0.4, -0.2) is 29.2 Å². The van der Waals surface area contributed by atoms with Gasteiger partial charge in [0.05, 0.1) is 11.3 Å². The number of amides is 2. The summed E-state index contributed by atoms with van der Waals surface area (Å²) in [6.45, 7) is 0.869. The van der Waals surface area contributed by atoms with E-state index >= 15 is 0 Å². The number of alkyl halides is 3. The molecule has 1 saturated heterocycles. The number of urea groups is 1. The van der Waals surface area contributed by atoms with Gasteiger partial charge in [-0.3, -0.25) is 0 Å². The van der Waals surface area contributed by atoms with Crippen LogP contribution in [0.3, 0.4) is 0 Å². The quantitative estimate of drug-likeness (QED) is 0.843. The van der Waals surface area contributed by atoms with Crippen LogP contribution >= 0.6 is 0 Å². The van der Waals surface area contributed by atoms with Crippen molar-refractivity contribution in [3.8, 4) is 0 Å². The molecule has 1 unspecified atom stereocenters. The molecule has 1 fully saturated rings. The predicted octanol–water partition coefficient (Wildman–Crippen LogP) is 3.85. The third-order valence-corrected chi connectivity index (χ3v) is 3.88. The second kappa shape index (κ2) is 6.14. The molecule has 1 atom stereocenters. The van der Waals surface area contributed by atoms with Gasteiger partial charge in [0.2, 0.25) is 0 Å². The molecular weight excluding hydrogens is 330 g/mol. The topological polar surface area (TPSA) is 58.4 Å². The van der Waals surface area contributed by atoms with Gasteiger partial charge in [0.1, 0.15) is 12.1 Å². The van der Waals surface area contributed by atoms with E-state index in [2.05, 4.69) is 10.5 Å². The van der Waals surface area contributed by atoms with Gasteiger partial charge >= 0.3 is 12.2 Å². The van der Waals surface area contributed by atoms with Gasteiger partial charge in [-0.2, -0.15) is 13.2 Å². The van der Waals surface area contributed by atoms with Crippen molar-refractivity contribution in [2.75, 3.05) is 18.4 Å². The summed E-state index contributed by atoms with van der Waals surface area (Å²) in [5.41, 5.74) is -0.658. The Morgan fingerprint density at radius 2 is 2.12 bits per heavy atom. The van der Waals surface area contributed by atoms with E-state index in [1.165, 1.54) is 11.2 Å². The number of hydrogen-bond donors (Lipinski definition) is 1. The lowest BCUT2D eigenvalue weighted by molar-refractivity contribution is -0.139. The lowest BCUT2D eigenvalue weighted by Crippen LogP contribution is -2.32. The molecule has 0 saturated carbocycles. The molecule has 1 N–H and O–H groups in total.